The van der Waals surface area contributed by atoms with Gasteiger partial charge in [0.2, 0.25) is 0 Å². The summed E-state index contributed by atoms with van der Waals surface area (Å²) in [5.41, 5.74) is 4.40. The summed E-state index contributed by atoms with van der Waals surface area (Å²) in [5, 5.41) is 4.23. The zero-order valence-corrected chi connectivity index (χ0v) is 10.8. The molecule has 1 aliphatic rings. The zero-order chi connectivity index (χ0) is 12.8. The third-order valence-electron chi connectivity index (χ3n) is 3.39. The molecule has 2 N–H and O–H groups in total. The molecular weight excluding hydrogens is 226 g/mol. The first kappa shape index (κ1) is 12.8. The lowest BCUT2D eigenvalue weighted by Gasteiger charge is -2.23. The molecule has 0 unspecified atom stereocenters. The Kier molecular flexibility index (Phi) is 4.47. The van der Waals surface area contributed by atoms with Crippen LogP contribution in [-0.2, 0) is 0 Å². The van der Waals surface area contributed by atoms with Crippen LogP contribution < -0.4 is 10.3 Å². The fourth-order valence-electron chi connectivity index (χ4n) is 2.14. The van der Waals surface area contributed by atoms with Gasteiger partial charge in [0, 0.05) is 24.1 Å². The van der Waals surface area contributed by atoms with E-state index in [4.69, 9.17) is 0 Å². The van der Waals surface area contributed by atoms with Crippen molar-refractivity contribution in [1.29, 1.82) is 0 Å². The summed E-state index contributed by atoms with van der Waals surface area (Å²) in [6.07, 6.45) is 1.97. The van der Waals surface area contributed by atoms with Crippen molar-refractivity contribution in [3.63, 3.8) is 0 Å². The SMILES string of the molecule is CC[NH+]1CCC(=NNC(=O)c2ccccc2)CC1. The van der Waals surface area contributed by atoms with Crippen molar-refractivity contribution < 1.29 is 9.69 Å². The lowest BCUT2D eigenvalue weighted by molar-refractivity contribution is -0.899. The molecule has 4 heteroatoms. The van der Waals surface area contributed by atoms with Gasteiger partial charge in [-0.1, -0.05) is 18.2 Å². The van der Waals surface area contributed by atoms with Crippen LogP contribution in [0.2, 0.25) is 0 Å². The van der Waals surface area contributed by atoms with E-state index in [1.54, 1.807) is 17.0 Å². The quantitative estimate of drug-likeness (QED) is 0.748. The predicted molar refractivity (Wildman–Crippen MR) is 71.8 cm³/mol. The molecule has 1 amide bonds. The van der Waals surface area contributed by atoms with Gasteiger partial charge >= 0.3 is 0 Å². The molecule has 2 rings (SSSR count). The Labute approximate surface area is 108 Å². The van der Waals surface area contributed by atoms with Crippen LogP contribution in [0.15, 0.2) is 35.4 Å². The maximum Gasteiger partial charge on any atom is 0.271 e. The van der Waals surface area contributed by atoms with Crippen molar-refractivity contribution in [3.05, 3.63) is 35.9 Å². The number of hydrogen-bond donors (Lipinski definition) is 2. The number of hydrazone groups is 1. The van der Waals surface area contributed by atoms with Crippen LogP contribution in [-0.4, -0.2) is 31.3 Å². The third kappa shape index (κ3) is 3.40. The van der Waals surface area contributed by atoms with Gasteiger partial charge in [-0.2, -0.15) is 5.10 Å². The van der Waals surface area contributed by atoms with E-state index in [0.717, 1.165) is 31.6 Å². The van der Waals surface area contributed by atoms with Crippen molar-refractivity contribution in [3.8, 4) is 0 Å². The second-order valence-electron chi connectivity index (χ2n) is 4.59. The minimum absolute atomic E-state index is 0.131. The summed E-state index contributed by atoms with van der Waals surface area (Å²) >= 11 is 0. The highest BCUT2D eigenvalue weighted by atomic mass is 16.2. The van der Waals surface area contributed by atoms with Crippen LogP contribution in [0.1, 0.15) is 30.1 Å². The highest BCUT2D eigenvalue weighted by Crippen LogP contribution is 1.99. The summed E-state index contributed by atoms with van der Waals surface area (Å²) in [6.45, 7) is 5.62. The molecule has 0 atom stereocenters. The van der Waals surface area contributed by atoms with Crippen LogP contribution in [0.3, 0.4) is 0 Å². The molecule has 1 aromatic carbocycles. The number of quaternary nitrogens is 1. The molecule has 0 radical (unpaired) electrons. The number of hydrogen-bond acceptors (Lipinski definition) is 2. The molecule has 1 heterocycles. The highest BCUT2D eigenvalue weighted by Gasteiger charge is 2.16. The summed E-state index contributed by atoms with van der Waals surface area (Å²) in [4.78, 5) is 13.4. The Morgan fingerprint density at radius 2 is 1.94 bits per heavy atom. The predicted octanol–water partition coefficient (Wildman–Crippen LogP) is 0.471. The molecule has 4 nitrogen and oxygen atoms in total. The van der Waals surface area contributed by atoms with Gasteiger partial charge in [0.05, 0.1) is 19.6 Å². The first-order chi connectivity index (χ1) is 8.79. The van der Waals surface area contributed by atoms with Crippen LogP contribution in [0, 0.1) is 0 Å². The number of nitrogens with one attached hydrogen (secondary N) is 2. The second-order valence-corrected chi connectivity index (χ2v) is 4.59. The first-order valence-corrected chi connectivity index (χ1v) is 6.54. The Balaban J connectivity index is 1.86. The van der Waals surface area contributed by atoms with Gasteiger partial charge in [0.1, 0.15) is 0 Å². The van der Waals surface area contributed by atoms with Gasteiger partial charge in [0.25, 0.3) is 5.91 Å². The van der Waals surface area contributed by atoms with Gasteiger partial charge < -0.3 is 4.90 Å². The van der Waals surface area contributed by atoms with Crippen molar-refractivity contribution >= 4 is 11.6 Å². The minimum atomic E-state index is -0.131. The van der Waals surface area contributed by atoms with E-state index in [9.17, 15) is 4.79 Å². The van der Waals surface area contributed by atoms with Crippen molar-refractivity contribution in [2.75, 3.05) is 19.6 Å². The molecule has 0 bridgehead atoms. The lowest BCUT2D eigenvalue weighted by Crippen LogP contribution is -3.12. The highest BCUT2D eigenvalue weighted by molar-refractivity contribution is 5.95. The largest absolute Gasteiger partial charge is 0.335 e. The van der Waals surface area contributed by atoms with E-state index >= 15 is 0 Å². The van der Waals surface area contributed by atoms with E-state index in [-0.39, 0.29) is 5.91 Å². The number of carbonyl (C=O) groups is 1. The van der Waals surface area contributed by atoms with Gasteiger partial charge in [-0.05, 0) is 19.1 Å². The fraction of sp³-hybridized carbons (Fsp3) is 0.429. The summed E-state index contributed by atoms with van der Waals surface area (Å²) in [6, 6.07) is 9.18. The van der Waals surface area contributed by atoms with Crippen molar-refractivity contribution in [2.45, 2.75) is 19.8 Å². The summed E-state index contributed by atoms with van der Waals surface area (Å²) in [5.74, 6) is -0.131. The second kappa shape index (κ2) is 6.31. The van der Waals surface area contributed by atoms with E-state index in [1.807, 2.05) is 18.2 Å². The molecular formula is C14H20N3O+. The number of piperidine rings is 1. The normalized spacial score (nSPS) is 19.4. The molecule has 1 saturated heterocycles. The molecule has 1 aliphatic heterocycles. The Morgan fingerprint density at radius 3 is 2.56 bits per heavy atom. The molecule has 1 fully saturated rings. The maximum absolute atomic E-state index is 11.8. The molecule has 0 saturated carbocycles. The van der Waals surface area contributed by atoms with Gasteiger partial charge in [-0.3, -0.25) is 4.79 Å². The average molecular weight is 246 g/mol. The molecule has 0 aromatic heterocycles. The molecule has 1 aromatic rings. The molecule has 18 heavy (non-hydrogen) atoms. The van der Waals surface area contributed by atoms with Crippen molar-refractivity contribution in [2.24, 2.45) is 5.10 Å². The molecule has 0 aliphatic carbocycles. The number of amides is 1. The average Bonchev–Trinajstić information content (AvgIpc) is 2.46. The minimum Gasteiger partial charge on any atom is -0.335 e. The smallest absolute Gasteiger partial charge is 0.271 e. The van der Waals surface area contributed by atoms with Gasteiger partial charge in [-0.25, -0.2) is 5.43 Å². The Bertz CT molecular complexity index is 418. The van der Waals surface area contributed by atoms with E-state index in [0.29, 0.717) is 5.56 Å². The zero-order valence-electron chi connectivity index (χ0n) is 10.8. The first-order valence-electron chi connectivity index (χ1n) is 6.54. The van der Waals surface area contributed by atoms with Crippen LogP contribution >= 0.6 is 0 Å². The van der Waals surface area contributed by atoms with Crippen LogP contribution in [0.5, 0.6) is 0 Å². The van der Waals surface area contributed by atoms with Crippen molar-refractivity contribution in [1.82, 2.24) is 5.43 Å². The summed E-state index contributed by atoms with van der Waals surface area (Å²) < 4.78 is 0. The number of carbonyl (C=O) groups excluding carboxylic acids is 1. The Morgan fingerprint density at radius 1 is 1.28 bits per heavy atom. The van der Waals surface area contributed by atoms with E-state index in [2.05, 4.69) is 17.5 Å². The lowest BCUT2D eigenvalue weighted by atomic mass is 10.1. The third-order valence-corrected chi connectivity index (χ3v) is 3.39. The monoisotopic (exact) mass is 246 g/mol. The fourth-order valence-corrected chi connectivity index (χ4v) is 2.14. The van der Waals surface area contributed by atoms with E-state index < -0.39 is 0 Å². The van der Waals surface area contributed by atoms with Gasteiger partial charge in [-0.15, -0.1) is 0 Å². The topological polar surface area (TPSA) is 45.9 Å². The van der Waals surface area contributed by atoms with Crippen LogP contribution in [0.4, 0.5) is 0 Å². The number of benzene rings is 1. The summed E-state index contributed by atoms with van der Waals surface area (Å²) in [7, 11) is 0. The standard InChI is InChI=1S/C14H19N3O/c1-2-17-10-8-13(9-11-17)15-16-14(18)12-6-4-3-5-7-12/h3-7H,2,8-11H2,1H3,(H,16,18)/p+1. The van der Waals surface area contributed by atoms with Crippen LogP contribution in [0.25, 0.3) is 0 Å². The maximum atomic E-state index is 11.8. The number of nitrogens with zero attached hydrogens (tertiary/aromatic N) is 1. The number of rotatable bonds is 3. The van der Waals surface area contributed by atoms with Gasteiger partial charge in [0.15, 0.2) is 0 Å². The molecule has 96 valence electrons. The molecule has 0 spiro atoms. The Hall–Kier alpha value is -1.68. The van der Waals surface area contributed by atoms with E-state index in [1.165, 1.54) is 6.54 Å². The number of likely N-dealkylation sites (tertiary alicyclic amines) is 1.